The Labute approximate surface area is 120 Å². The summed E-state index contributed by atoms with van der Waals surface area (Å²) in [4.78, 5) is 8.38. The molecule has 1 saturated heterocycles. The van der Waals surface area contributed by atoms with Crippen LogP contribution in [0.2, 0.25) is 0 Å². The first-order valence-corrected chi connectivity index (χ1v) is 8.44. The third kappa shape index (κ3) is 2.07. The van der Waals surface area contributed by atoms with E-state index in [1.54, 1.807) is 11.3 Å². The Balaban J connectivity index is 1.99. The number of alkyl halides is 1. The maximum atomic E-state index is 4.81. The summed E-state index contributed by atoms with van der Waals surface area (Å²) in [5.74, 6) is 2.70. The fourth-order valence-corrected chi connectivity index (χ4v) is 4.28. The highest BCUT2D eigenvalue weighted by atomic mass is 79.9. The van der Waals surface area contributed by atoms with E-state index in [1.807, 2.05) is 0 Å². The highest BCUT2D eigenvalue weighted by Gasteiger charge is 2.26. The Morgan fingerprint density at radius 1 is 1.39 bits per heavy atom. The topological polar surface area (TPSA) is 20.5 Å². The summed E-state index contributed by atoms with van der Waals surface area (Å²) in [6, 6.07) is 0. The van der Waals surface area contributed by atoms with Gasteiger partial charge >= 0.3 is 0 Å². The lowest BCUT2D eigenvalue weighted by molar-refractivity contribution is 0.355. The van der Waals surface area contributed by atoms with E-state index in [9.17, 15) is 0 Å². The van der Waals surface area contributed by atoms with Gasteiger partial charge in [-0.2, -0.15) is 0 Å². The minimum atomic E-state index is 0.761. The lowest BCUT2D eigenvalue weighted by Crippen LogP contribution is -2.39. The van der Waals surface area contributed by atoms with Crippen molar-refractivity contribution in [3.63, 3.8) is 0 Å². The Morgan fingerprint density at radius 3 is 2.78 bits per heavy atom. The van der Waals surface area contributed by atoms with Crippen LogP contribution in [0, 0.1) is 11.8 Å². The molecule has 1 aliphatic rings. The highest BCUT2D eigenvalue weighted by molar-refractivity contribution is 9.08. The molecule has 5 heteroatoms. The first-order chi connectivity index (χ1) is 8.69. The van der Waals surface area contributed by atoms with E-state index in [2.05, 4.69) is 50.7 Å². The van der Waals surface area contributed by atoms with Crippen molar-refractivity contribution >= 4 is 38.0 Å². The van der Waals surface area contributed by atoms with Crippen LogP contribution < -0.4 is 4.90 Å². The minimum Gasteiger partial charge on any atom is -0.355 e. The molecule has 2 aromatic heterocycles. The molecule has 0 bridgehead atoms. The van der Waals surface area contributed by atoms with Crippen molar-refractivity contribution in [1.82, 2.24) is 9.38 Å². The van der Waals surface area contributed by atoms with Crippen LogP contribution in [0.25, 0.3) is 4.96 Å². The molecule has 0 saturated carbocycles. The molecule has 2 unspecified atom stereocenters. The molecule has 18 heavy (non-hydrogen) atoms. The Kier molecular flexibility index (Phi) is 3.36. The summed E-state index contributed by atoms with van der Waals surface area (Å²) in [7, 11) is 0. The van der Waals surface area contributed by atoms with Crippen LogP contribution in [-0.2, 0) is 5.33 Å². The van der Waals surface area contributed by atoms with Gasteiger partial charge < -0.3 is 4.90 Å². The second-order valence-corrected chi connectivity index (χ2v) is 6.86. The number of anilines is 1. The van der Waals surface area contributed by atoms with Crippen molar-refractivity contribution < 1.29 is 0 Å². The van der Waals surface area contributed by atoms with E-state index in [-0.39, 0.29) is 0 Å². The molecular weight excluding hydrogens is 310 g/mol. The van der Waals surface area contributed by atoms with Gasteiger partial charge in [-0.1, -0.05) is 29.8 Å². The second-order valence-electron chi connectivity index (χ2n) is 5.42. The van der Waals surface area contributed by atoms with Crippen molar-refractivity contribution in [1.29, 1.82) is 0 Å². The van der Waals surface area contributed by atoms with Crippen LogP contribution in [0.3, 0.4) is 0 Å². The van der Waals surface area contributed by atoms with Crippen LogP contribution >= 0.6 is 27.3 Å². The van der Waals surface area contributed by atoms with E-state index >= 15 is 0 Å². The number of nitrogens with zero attached hydrogens (tertiary/aromatic N) is 3. The van der Waals surface area contributed by atoms with Gasteiger partial charge in [0.05, 0.1) is 5.69 Å². The fraction of sp³-hybridized carbons (Fsp3) is 0.615. The lowest BCUT2D eigenvalue weighted by Gasteiger charge is -2.35. The van der Waals surface area contributed by atoms with Crippen molar-refractivity contribution in [3.05, 3.63) is 17.3 Å². The van der Waals surface area contributed by atoms with Crippen molar-refractivity contribution in [2.45, 2.75) is 25.6 Å². The smallest absolute Gasteiger partial charge is 0.195 e. The Hall–Kier alpha value is -0.550. The summed E-state index contributed by atoms with van der Waals surface area (Å²) in [6.07, 6.45) is 3.45. The third-order valence-corrected chi connectivity index (χ3v) is 4.92. The number of aromatic nitrogens is 2. The maximum absolute atomic E-state index is 4.81. The Bertz CT molecular complexity index is 537. The Morgan fingerprint density at radius 2 is 2.11 bits per heavy atom. The largest absolute Gasteiger partial charge is 0.355 e. The molecule has 2 atom stereocenters. The molecular formula is C13H18BrN3S. The quantitative estimate of drug-likeness (QED) is 0.782. The second kappa shape index (κ2) is 4.85. The molecule has 0 radical (unpaired) electrons. The predicted octanol–water partition coefficient (Wildman–Crippen LogP) is 3.77. The molecule has 2 aromatic rings. The zero-order valence-electron chi connectivity index (χ0n) is 10.8. The van der Waals surface area contributed by atoms with Gasteiger partial charge in [0.25, 0.3) is 0 Å². The van der Waals surface area contributed by atoms with Gasteiger partial charge in [0, 0.05) is 30.0 Å². The van der Waals surface area contributed by atoms with E-state index in [0.717, 1.165) is 35.2 Å². The number of fused-ring (bicyclic) bond motifs is 1. The third-order valence-electron chi connectivity index (χ3n) is 3.63. The summed E-state index contributed by atoms with van der Waals surface area (Å²) in [6.45, 7) is 6.95. The highest BCUT2D eigenvalue weighted by Crippen LogP contribution is 2.31. The van der Waals surface area contributed by atoms with Gasteiger partial charge in [0.2, 0.25) is 0 Å². The van der Waals surface area contributed by atoms with Crippen LogP contribution in [0.15, 0.2) is 11.6 Å². The van der Waals surface area contributed by atoms with E-state index in [1.165, 1.54) is 17.9 Å². The van der Waals surface area contributed by atoms with Crippen molar-refractivity contribution in [2.75, 3.05) is 18.0 Å². The molecule has 1 aliphatic heterocycles. The number of halogens is 1. The normalized spacial score (nSPS) is 24.9. The monoisotopic (exact) mass is 327 g/mol. The van der Waals surface area contributed by atoms with E-state index < -0.39 is 0 Å². The summed E-state index contributed by atoms with van der Waals surface area (Å²) < 4.78 is 2.21. The number of hydrogen-bond acceptors (Lipinski definition) is 3. The van der Waals surface area contributed by atoms with Gasteiger partial charge in [-0.15, -0.1) is 11.3 Å². The summed E-state index contributed by atoms with van der Waals surface area (Å²) in [5.41, 5.74) is 1.28. The molecule has 0 N–H and O–H groups in total. The zero-order valence-corrected chi connectivity index (χ0v) is 13.2. The number of thiazole rings is 1. The fourth-order valence-electron chi connectivity index (χ4n) is 3.03. The van der Waals surface area contributed by atoms with Crippen LogP contribution in [0.4, 0.5) is 5.82 Å². The van der Waals surface area contributed by atoms with Gasteiger partial charge in [0.1, 0.15) is 0 Å². The SMILES string of the molecule is CC1CC(C)CN(c2nc3sccn3c2CBr)C1. The average molecular weight is 328 g/mol. The lowest BCUT2D eigenvalue weighted by atomic mass is 9.92. The first-order valence-electron chi connectivity index (χ1n) is 6.44. The van der Waals surface area contributed by atoms with Gasteiger partial charge in [-0.3, -0.25) is 4.40 Å². The standard InChI is InChI=1S/C13H18BrN3S/c1-9-5-10(2)8-16(7-9)12-11(6-14)17-3-4-18-13(17)15-12/h3-4,9-10H,5-8H2,1-2H3. The first kappa shape index (κ1) is 12.5. The molecule has 98 valence electrons. The molecule has 0 aromatic carbocycles. The minimum absolute atomic E-state index is 0.761. The maximum Gasteiger partial charge on any atom is 0.195 e. The summed E-state index contributed by atoms with van der Waals surface area (Å²) >= 11 is 5.31. The molecule has 3 rings (SSSR count). The summed E-state index contributed by atoms with van der Waals surface area (Å²) in [5, 5.41) is 2.96. The predicted molar refractivity (Wildman–Crippen MR) is 80.9 cm³/mol. The van der Waals surface area contributed by atoms with Crippen molar-refractivity contribution in [3.8, 4) is 0 Å². The van der Waals surface area contributed by atoms with Gasteiger partial charge in [-0.05, 0) is 18.3 Å². The zero-order chi connectivity index (χ0) is 12.7. The van der Waals surface area contributed by atoms with E-state index in [4.69, 9.17) is 4.98 Å². The molecule has 0 spiro atoms. The number of piperidine rings is 1. The molecule has 0 aliphatic carbocycles. The number of rotatable bonds is 2. The molecule has 0 amide bonds. The van der Waals surface area contributed by atoms with Crippen LogP contribution in [0.5, 0.6) is 0 Å². The number of imidazole rings is 1. The van der Waals surface area contributed by atoms with Crippen LogP contribution in [-0.4, -0.2) is 22.5 Å². The van der Waals surface area contributed by atoms with E-state index in [0.29, 0.717) is 0 Å². The van der Waals surface area contributed by atoms with Crippen LogP contribution in [0.1, 0.15) is 26.0 Å². The number of hydrogen-bond donors (Lipinski definition) is 0. The molecule has 3 heterocycles. The van der Waals surface area contributed by atoms with Gasteiger partial charge in [0.15, 0.2) is 10.8 Å². The van der Waals surface area contributed by atoms with Gasteiger partial charge in [-0.25, -0.2) is 4.98 Å². The molecule has 1 fully saturated rings. The molecule has 3 nitrogen and oxygen atoms in total. The average Bonchev–Trinajstić information content (AvgIpc) is 2.86. The van der Waals surface area contributed by atoms with Crippen molar-refractivity contribution in [2.24, 2.45) is 11.8 Å².